The summed E-state index contributed by atoms with van der Waals surface area (Å²) in [6, 6.07) is 11.2. The number of hydrogen-bond donors (Lipinski definition) is 2. The van der Waals surface area contributed by atoms with E-state index in [0.717, 1.165) is 16.9 Å². The van der Waals surface area contributed by atoms with E-state index in [4.69, 9.17) is 5.73 Å². The van der Waals surface area contributed by atoms with Gasteiger partial charge in [-0.25, -0.2) is 15.0 Å². The highest BCUT2D eigenvalue weighted by atomic mass is 19.4. The van der Waals surface area contributed by atoms with Crippen LogP contribution in [0.5, 0.6) is 0 Å². The lowest BCUT2D eigenvalue weighted by molar-refractivity contribution is -0.137. The summed E-state index contributed by atoms with van der Waals surface area (Å²) in [5.74, 6) is 0.325. The number of rotatable bonds is 2. The molecule has 0 saturated heterocycles. The van der Waals surface area contributed by atoms with Crippen molar-refractivity contribution in [3.63, 3.8) is 0 Å². The molecule has 9 heteroatoms. The molecule has 0 fully saturated rings. The number of anilines is 1. The topological polar surface area (TPSA) is 89.9 Å². The minimum absolute atomic E-state index is 0.100. The van der Waals surface area contributed by atoms with Crippen LogP contribution in [0.15, 0.2) is 54.7 Å². The number of nitrogens with zero attached hydrogens (tertiary/aromatic N) is 4. The number of imidazole rings is 1. The van der Waals surface area contributed by atoms with Crippen molar-refractivity contribution < 1.29 is 18.4 Å². The lowest BCUT2D eigenvalue weighted by Gasteiger charge is -2.08. The fourth-order valence-electron chi connectivity index (χ4n) is 2.74. The van der Waals surface area contributed by atoms with E-state index in [1.54, 1.807) is 24.3 Å². The minimum atomic E-state index is -4.45. The Kier molecular flexibility index (Phi) is 3.72. The molecule has 6 nitrogen and oxygen atoms in total. The van der Waals surface area contributed by atoms with Gasteiger partial charge in [-0.3, -0.25) is 0 Å². The van der Waals surface area contributed by atoms with Gasteiger partial charge in [0.2, 0.25) is 0 Å². The van der Waals surface area contributed by atoms with Gasteiger partial charge in [0.05, 0.1) is 16.8 Å². The molecule has 0 atom stereocenters. The second kappa shape index (κ2) is 5.97. The van der Waals surface area contributed by atoms with E-state index in [1.807, 2.05) is 0 Å². The van der Waals surface area contributed by atoms with E-state index in [2.05, 4.69) is 15.0 Å². The molecule has 0 radical (unpaired) electrons. The minimum Gasteiger partial charge on any atom is -0.425 e. The standard InChI is InChI=1S/C18H12F3N5O/c19-18(20,21)11-4-1-3-10(9-11)13-6-7-14-17(24-13)26(27)16(25-14)12-5-2-8-23-15(12)22/h1-9,27H,(H2,22,23). The highest BCUT2D eigenvalue weighted by Gasteiger charge is 2.30. The summed E-state index contributed by atoms with van der Waals surface area (Å²) in [5, 5.41) is 10.5. The van der Waals surface area contributed by atoms with Gasteiger partial charge in [0.1, 0.15) is 11.3 Å². The Morgan fingerprint density at radius 1 is 1.00 bits per heavy atom. The van der Waals surface area contributed by atoms with E-state index >= 15 is 0 Å². The number of nitrogens with two attached hydrogens (primary N) is 1. The second-order valence-corrected chi connectivity index (χ2v) is 5.80. The summed E-state index contributed by atoms with van der Waals surface area (Å²) in [4.78, 5) is 12.5. The van der Waals surface area contributed by atoms with Gasteiger partial charge in [-0.15, -0.1) is 4.73 Å². The summed E-state index contributed by atoms with van der Waals surface area (Å²) in [5.41, 5.74) is 6.47. The molecule has 0 aliphatic heterocycles. The molecule has 27 heavy (non-hydrogen) atoms. The molecule has 136 valence electrons. The van der Waals surface area contributed by atoms with E-state index in [1.165, 1.54) is 18.3 Å². The van der Waals surface area contributed by atoms with Gasteiger partial charge in [-0.05, 0) is 36.4 Å². The van der Waals surface area contributed by atoms with Crippen LogP contribution < -0.4 is 5.73 Å². The SMILES string of the molecule is Nc1ncccc1-c1nc2ccc(-c3cccc(C(F)(F)F)c3)nc2n1O. The van der Waals surface area contributed by atoms with E-state index in [-0.39, 0.29) is 28.5 Å². The molecular weight excluding hydrogens is 359 g/mol. The third-order valence-corrected chi connectivity index (χ3v) is 4.05. The van der Waals surface area contributed by atoms with Crippen LogP contribution in [-0.2, 0) is 6.18 Å². The van der Waals surface area contributed by atoms with Crippen LogP contribution >= 0.6 is 0 Å². The van der Waals surface area contributed by atoms with Crippen LogP contribution in [0, 0.1) is 0 Å². The predicted octanol–water partition coefficient (Wildman–Crippen LogP) is 4.00. The number of nitrogen functional groups attached to an aromatic ring is 1. The Bertz CT molecular complexity index is 1150. The van der Waals surface area contributed by atoms with Gasteiger partial charge in [-0.2, -0.15) is 13.2 Å². The van der Waals surface area contributed by atoms with Crippen molar-refractivity contribution in [2.75, 3.05) is 5.73 Å². The number of fused-ring (bicyclic) bond motifs is 1. The largest absolute Gasteiger partial charge is 0.425 e. The predicted molar refractivity (Wildman–Crippen MR) is 92.8 cm³/mol. The Morgan fingerprint density at radius 3 is 2.56 bits per heavy atom. The van der Waals surface area contributed by atoms with Crippen LogP contribution in [0.4, 0.5) is 19.0 Å². The number of pyridine rings is 2. The quantitative estimate of drug-likeness (QED) is 0.520. The summed E-state index contributed by atoms with van der Waals surface area (Å²) < 4.78 is 39.6. The number of halogens is 3. The van der Waals surface area contributed by atoms with Crippen LogP contribution in [0.2, 0.25) is 0 Å². The van der Waals surface area contributed by atoms with Crippen molar-refractivity contribution in [3.05, 3.63) is 60.3 Å². The van der Waals surface area contributed by atoms with Gasteiger partial charge in [0.15, 0.2) is 11.5 Å². The monoisotopic (exact) mass is 371 g/mol. The maximum atomic E-state index is 12.9. The zero-order valence-corrected chi connectivity index (χ0v) is 13.6. The third-order valence-electron chi connectivity index (χ3n) is 4.05. The fraction of sp³-hybridized carbons (Fsp3) is 0.0556. The Hall–Kier alpha value is -3.62. The molecule has 1 aromatic carbocycles. The molecule has 3 N–H and O–H groups in total. The maximum Gasteiger partial charge on any atom is 0.416 e. The average molecular weight is 371 g/mol. The molecule has 0 saturated carbocycles. The molecule has 3 heterocycles. The molecule has 4 rings (SSSR count). The number of hydrogen-bond acceptors (Lipinski definition) is 5. The summed E-state index contributed by atoms with van der Waals surface area (Å²) in [7, 11) is 0. The third kappa shape index (κ3) is 2.92. The van der Waals surface area contributed by atoms with Gasteiger partial charge < -0.3 is 10.9 Å². The van der Waals surface area contributed by atoms with Gasteiger partial charge in [0.25, 0.3) is 0 Å². The van der Waals surface area contributed by atoms with Crippen molar-refractivity contribution in [2.24, 2.45) is 0 Å². The first kappa shape index (κ1) is 16.8. The first-order valence-electron chi connectivity index (χ1n) is 7.82. The van der Waals surface area contributed by atoms with Crippen LogP contribution in [-0.4, -0.2) is 24.9 Å². The van der Waals surface area contributed by atoms with Crippen LogP contribution in [0.1, 0.15) is 5.56 Å². The molecule has 0 bridgehead atoms. The Balaban J connectivity index is 1.84. The van der Waals surface area contributed by atoms with Crippen molar-refractivity contribution in [2.45, 2.75) is 6.18 Å². The van der Waals surface area contributed by atoms with Crippen LogP contribution in [0.25, 0.3) is 33.8 Å². The highest BCUT2D eigenvalue weighted by molar-refractivity contribution is 5.81. The van der Waals surface area contributed by atoms with Gasteiger partial charge in [-0.1, -0.05) is 12.1 Å². The zero-order chi connectivity index (χ0) is 19.2. The van der Waals surface area contributed by atoms with Crippen molar-refractivity contribution in [3.8, 4) is 22.6 Å². The normalized spacial score (nSPS) is 11.8. The summed E-state index contributed by atoms with van der Waals surface area (Å²) >= 11 is 0. The maximum absolute atomic E-state index is 12.9. The molecule has 4 aromatic rings. The molecule has 0 unspecified atom stereocenters. The molecule has 0 spiro atoms. The molecule has 0 amide bonds. The van der Waals surface area contributed by atoms with Crippen molar-refractivity contribution in [1.29, 1.82) is 0 Å². The molecule has 0 aliphatic rings. The summed E-state index contributed by atoms with van der Waals surface area (Å²) in [6.45, 7) is 0. The first-order valence-corrected chi connectivity index (χ1v) is 7.82. The Morgan fingerprint density at radius 2 is 1.81 bits per heavy atom. The van der Waals surface area contributed by atoms with E-state index in [9.17, 15) is 18.4 Å². The van der Waals surface area contributed by atoms with Gasteiger partial charge in [0, 0.05) is 11.8 Å². The molecule has 3 aromatic heterocycles. The number of alkyl halides is 3. The lowest BCUT2D eigenvalue weighted by atomic mass is 10.1. The molecular formula is C18H12F3N5O. The van der Waals surface area contributed by atoms with Gasteiger partial charge >= 0.3 is 6.18 Å². The highest BCUT2D eigenvalue weighted by Crippen LogP contribution is 2.32. The number of aromatic nitrogens is 4. The average Bonchev–Trinajstić information content (AvgIpc) is 2.98. The Labute approximate surface area is 150 Å². The number of benzene rings is 1. The van der Waals surface area contributed by atoms with Crippen molar-refractivity contribution in [1.82, 2.24) is 19.7 Å². The zero-order valence-electron chi connectivity index (χ0n) is 13.6. The molecule has 0 aliphatic carbocycles. The summed E-state index contributed by atoms with van der Waals surface area (Å²) in [6.07, 6.45) is -2.95. The van der Waals surface area contributed by atoms with E-state index in [0.29, 0.717) is 11.1 Å². The lowest BCUT2D eigenvalue weighted by Crippen LogP contribution is -2.04. The van der Waals surface area contributed by atoms with Crippen LogP contribution in [0.3, 0.4) is 0 Å². The van der Waals surface area contributed by atoms with E-state index < -0.39 is 11.7 Å². The second-order valence-electron chi connectivity index (χ2n) is 5.80. The first-order chi connectivity index (χ1) is 12.8. The van der Waals surface area contributed by atoms with Crippen molar-refractivity contribution >= 4 is 17.0 Å². The fourth-order valence-corrected chi connectivity index (χ4v) is 2.74. The smallest absolute Gasteiger partial charge is 0.416 e.